The average molecular weight is 408 g/mol. The lowest BCUT2D eigenvalue weighted by Crippen LogP contribution is -2.21. The van der Waals surface area contributed by atoms with E-state index in [-0.39, 0.29) is 5.56 Å². The highest BCUT2D eigenvalue weighted by molar-refractivity contribution is 6.34. The summed E-state index contributed by atoms with van der Waals surface area (Å²) in [6.07, 6.45) is 6.99. The van der Waals surface area contributed by atoms with Crippen LogP contribution in [0.4, 0.5) is 0 Å². The highest BCUT2D eigenvalue weighted by Gasteiger charge is 2.12. The van der Waals surface area contributed by atoms with Crippen molar-refractivity contribution in [3.8, 4) is 5.69 Å². The van der Waals surface area contributed by atoms with E-state index in [2.05, 4.69) is 9.97 Å². The van der Waals surface area contributed by atoms with E-state index >= 15 is 0 Å². The van der Waals surface area contributed by atoms with Crippen LogP contribution in [0, 0.1) is 0 Å². The van der Waals surface area contributed by atoms with Gasteiger partial charge in [-0.3, -0.25) is 14.3 Å². The maximum atomic E-state index is 13.3. The molecule has 0 unspecified atom stereocenters. The lowest BCUT2D eigenvalue weighted by molar-refractivity contribution is 1.01. The molecular weight excluding hydrogens is 393 g/mol. The molecule has 0 saturated carbocycles. The fourth-order valence-corrected chi connectivity index (χ4v) is 3.60. The predicted octanol–water partition coefficient (Wildman–Crippen LogP) is 5.65. The Hall–Kier alpha value is -2.95. The molecule has 0 radical (unpaired) electrons. The highest BCUT2D eigenvalue weighted by atomic mass is 35.5. The van der Waals surface area contributed by atoms with Crippen LogP contribution in [-0.4, -0.2) is 14.5 Å². The third-order valence-electron chi connectivity index (χ3n) is 4.38. The van der Waals surface area contributed by atoms with Crippen molar-refractivity contribution in [2.45, 2.75) is 6.92 Å². The number of aromatic nitrogens is 3. The lowest BCUT2D eigenvalue weighted by Gasteiger charge is -2.12. The van der Waals surface area contributed by atoms with Gasteiger partial charge in [-0.05, 0) is 66.6 Å². The first-order chi connectivity index (χ1) is 13.5. The quantitative estimate of drug-likeness (QED) is 0.440. The molecule has 4 rings (SSSR count). The van der Waals surface area contributed by atoms with Crippen LogP contribution in [0.3, 0.4) is 0 Å². The third kappa shape index (κ3) is 3.57. The van der Waals surface area contributed by atoms with Crippen molar-refractivity contribution in [3.05, 3.63) is 98.6 Å². The summed E-state index contributed by atoms with van der Waals surface area (Å²) < 4.78 is 1.54. The van der Waals surface area contributed by atoms with Crippen molar-refractivity contribution in [1.29, 1.82) is 0 Å². The topological polar surface area (TPSA) is 47.8 Å². The number of hydrogen-bond acceptors (Lipinski definition) is 3. The van der Waals surface area contributed by atoms with Crippen molar-refractivity contribution in [2.75, 3.05) is 0 Å². The van der Waals surface area contributed by atoms with E-state index in [1.807, 2.05) is 43.3 Å². The molecular formula is C22H15Cl2N3O. The maximum Gasteiger partial charge on any atom is 0.264 e. The number of hydrogen-bond donors (Lipinski definition) is 0. The van der Waals surface area contributed by atoms with E-state index < -0.39 is 0 Å². The Morgan fingerprint density at radius 1 is 1.04 bits per heavy atom. The zero-order valence-corrected chi connectivity index (χ0v) is 16.4. The lowest BCUT2D eigenvalue weighted by atomic mass is 10.1. The molecule has 4 aromatic rings. The van der Waals surface area contributed by atoms with Gasteiger partial charge in [0.15, 0.2) is 0 Å². The van der Waals surface area contributed by atoms with Crippen LogP contribution in [0.1, 0.15) is 18.1 Å². The second-order valence-electron chi connectivity index (χ2n) is 6.35. The number of halogens is 2. The standard InChI is InChI=1S/C22H15Cl2N3O/c1-14(16-5-2-6-25-13-16)8-17-9-15-4-3-7-26-21(15)27(22(17)28)20-11-18(23)10-19(24)12-20/h2-13H,1H3. The van der Waals surface area contributed by atoms with Gasteiger partial charge in [0.05, 0.1) is 5.69 Å². The monoisotopic (exact) mass is 407 g/mol. The average Bonchev–Trinajstić information content (AvgIpc) is 2.68. The molecule has 0 bridgehead atoms. The van der Waals surface area contributed by atoms with Gasteiger partial charge >= 0.3 is 0 Å². The zero-order valence-electron chi connectivity index (χ0n) is 14.9. The molecule has 138 valence electrons. The third-order valence-corrected chi connectivity index (χ3v) is 4.82. The largest absolute Gasteiger partial charge is 0.268 e. The van der Waals surface area contributed by atoms with Crippen LogP contribution in [0.15, 0.2) is 71.9 Å². The molecule has 0 aliphatic rings. The van der Waals surface area contributed by atoms with Gasteiger partial charge in [-0.25, -0.2) is 4.98 Å². The van der Waals surface area contributed by atoms with E-state index in [4.69, 9.17) is 23.2 Å². The fourth-order valence-electron chi connectivity index (χ4n) is 3.09. The fraction of sp³-hybridized carbons (Fsp3) is 0.0455. The minimum Gasteiger partial charge on any atom is -0.268 e. The zero-order chi connectivity index (χ0) is 19.7. The van der Waals surface area contributed by atoms with Crippen LogP contribution >= 0.6 is 23.2 Å². The first-order valence-corrected chi connectivity index (χ1v) is 9.34. The number of pyridine rings is 3. The van der Waals surface area contributed by atoms with E-state index in [9.17, 15) is 4.79 Å². The summed E-state index contributed by atoms with van der Waals surface area (Å²) in [5.74, 6) is 0. The Kier molecular flexibility index (Phi) is 4.99. The SMILES string of the molecule is CC(=Cc1cc2cccnc2n(-c2cc(Cl)cc(Cl)c2)c1=O)c1cccnc1. The van der Waals surface area contributed by atoms with Crippen LogP contribution in [0.5, 0.6) is 0 Å². The van der Waals surface area contributed by atoms with Crippen molar-refractivity contribution in [1.82, 2.24) is 14.5 Å². The molecule has 0 aliphatic heterocycles. The van der Waals surface area contributed by atoms with Gasteiger partial charge in [-0.2, -0.15) is 0 Å². The van der Waals surface area contributed by atoms with E-state index in [1.54, 1.807) is 36.8 Å². The molecule has 0 amide bonds. The maximum absolute atomic E-state index is 13.3. The first-order valence-electron chi connectivity index (χ1n) is 8.59. The summed E-state index contributed by atoms with van der Waals surface area (Å²) in [7, 11) is 0. The Balaban J connectivity index is 2.00. The molecule has 4 nitrogen and oxygen atoms in total. The number of nitrogens with zero attached hydrogens (tertiary/aromatic N) is 3. The molecule has 0 N–H and O–H groups in total. The Morgan fingerprint density at radius 2 is 1.79 bits per heavy atom. The van der Waals surface area contributed by atoms with Crippen molar-refractivity contribution >= 4 is 45.9 Å². The molecule has 28 heavy (non-hydrogen) atoms. The molecule has 0 saturated heterocycles. The number of benzene rings is 1. The van der Waals surface area contributed by atoms with E-state index in [1.165, 1.54) is 4.57 Å². The molecule has 0 fully saturated rings. The van der Waals surface area contributed by atoms with Crippen LogP contribution in [0.2, 0.25) is 10.0 Å². The number of allylic oxidation sites excluding steroid dienone is 1. The van der Waals surface area contributed by atoms with E-state index in [0.29, 0.717) is 26.9 Å². The Morgan fingerprint density at radius 3 is 2.50 bits per heavy atom. The van der Waals surface area contributed by atoms with Gasteiger partial charge in [0.2, 0.25) is 0 Å². The summed E-state index contributed by atoms with van der Waals surface area (Å²) in [5, 5.41) is 1.74. The predicted molar refractivity (Wildman–Crippen MR) is 115 cm³/mol. The smallest absolute Gasteiger partial charge is 0.264 e. The molecule has 0 spiro atoms. The van der Waals surface area contributed by atoms with Crippen molar-refractivity contribution in [3.63, 3.8) is 0 Å². The minimum absolute atomic E-state index is 0.201. The van der Waals surface area contributed by atoms with Gasteiger partial charge in [-0.15, -0.1) is 0 Å². The molecule has 0 atom stereocenters. The molecule has 3 aromatic heterocycles. The molecule has 0 aliphatic carbocycles. The Bertz CT molecular complexity index is 1240. The summed E-state index contributed by atoms with van der Waals surface area (Å²) in [5.41, 5.74) is 3.34. The van der Waals surface area contributed by atoms with Gasteiger partial charge in [0, 0.05) is 39.6 Å². The van der Waals surface area contributed by atoms with Crippen LogP contribution < -0.4 is 5.56 Å². The Labute approximate surface area is 171 Å². The normalized spacial score (nSPS) is 11.8. The second kappa shape index (κ2) is 7.58. The summed E-state index contributed by atoms with van der Waals surface area (Å²) in [6.45, 7) is 1.95. The first kappa shape index (κ1) is 18.4. The van der Waals surface area contributed by atoms with Crippen LogP contribution in [-0.2, 0) is 0 Å². The van der Waals surface area contributed by atoms with Gasteiger partial charge in [0.25, 0.3) is 5.56 Å². The van der Waals surface area contributed by atoms with Crippen molar-refractivity contribution < 1.29 is 0 Å². The molecule has 1 aromatic carbocycles. The van der Waals surface area contributed by atoms with Crippen molar-refractivity contribution in [2.24, 2.45) is 0 Å². The highest BCUT2D eigenvalue weighted by Crippen LogP contribution is 2.24. The summed E-state index contributed by atoms with van der Waals surface area (Å²) >= 11 is 12.3. The second-order valence-corrected chi connectivity index (χ2v) is 7.23. The summed E-state index contributed by atoms with van der Waals surface area (Å²) in [4.78, 5) is 21.9. The van der Waals surface area contributed by atoms with Gasteiger partial charge in [-0.1, -0.05) is 29.3 Å². The molecule has 6 heteroatoms. The minimum atomic E-state index is -0.201. The number of rotatable bonds is 3. The van der Waals surface area contributed by atoms with Gasteiger partial charge < -0.3 is 0 Å². The van der Waals surface area contributed by atoms with Crippen LogP contribution in [0.25, 0.3) is 28.4 Å². The number of fused-ring (bicyclic) bond motifs is 1. The molecule has 3 heterocycles. The summed E-state index contributed by atoms with van der Waals surface area (Å²) in [6, 6.07) is 14.4. The van der Waals surface area contributed by atoms with E-state index in [0.717, 1.165) is 16.5 Å². The van der Waals surface area contributed by atoms with Gasteiger partial charge in [0.1, 0.15) is 5.65 Å².